The fourth-order valence-corrected chi connectivity index (χ4v) is 1.27. The molecule has 1 rings (SSSR count). The van der Waals surface area contributed by atoms with Gasteiger partial charge in [-0.3, -0.25) is 4.79 Å². The minimum atomic E-state index is -0.678. The molecule has 0 radical (unpaired) electrons. The fourth-order valence-electron chi connectivity index (χ4n) is 1.27. The summed E-state index contributed by atoms with van der Waals surface area (Å²) in [5, 5.41) is 11.0. The van der Waals surface area contributed by atoms with Gasteiger partial charge in [-0.05, 0) is 11.6 Å². The lowest BCUT2D eigenvalue weighted by molar-refractivity contribution is -0.141. The molecule has 0 fully saturated rings. The lowest BCUT2D eigenvalue weighted by Crippen LogP contribution is -2.26. The summed E-state index contributed by atoms with van der Waals surface area (Å²) in [6.45, 7) is 0.938. The Labute approximate surface area is 105 Å². The topological polar surface area (TPSA) is 75.6 Å². The molecule has 96 valence electrons. The van der Waals surface area contributed by atoms with Crippen molar-refractivity contribution >= 4 is 18.0 Å². The number of amides is 1. The Morgan fingerprint density at radius 2 is 2.00 bits per heavy atom. The average Bonchev–Trinajstić information content (AvgIpc) is 2.36. The van der Waals surface area contributed by atoms with Gasteiger partial charge in [0.2, 0.25) is 5.91 Å². The molecule has 2 N–H and O–H groups in total. The van der Waals surface area contributed by atoms with E-state index in [2.05, 4.69) is 5.32 Å². The van der Waals surface area contributed by atoms with Gasteiger partial charge in [-0.1, -0.05) is 30.3 Å². The number of ether oxygens (including phenoxy) is 1. The van der Waals surface area contributed by atoms with Crippen LogP contribution in [0, 0.1) is 0 Å². The molecule has 0 unspecified atom stereocenters. The van der Waals surface area contributed by atoms with Crippen molar-refractivity contribution in [2.24, 2.45) is 0 Å². The van der Waals surface area contributed by atoms with Crippen LogP contribution in [0.2, 0.25) is 0 Å². The highest BCUT2D eigenvalue weighted by molar-refractivity contribution is 5.97. The van der Waals surface area contributed by atoms with Gasteiger partial charge in [-0.15, -0.1) is 0 Å². The second-order valence-corrected chi connectivity index (χ2v) is 3.51. The molecule has 0 saturated heterocycles. The van der Waals surface area contributed by atoms with Crippen molar-refractivity contribution < 1.29 is 19.4 Å². The first-order valence-corrected chi connectivity index (χ1v) is 5.46. The zero-order valence-corrected chi connectivity index (χ0v) is 10.1. The maximum atomic E-state index is 11.6. The van der Waals surface area contributed by atoms with Crippen molar-refractivity contribution in [2.45, 2.75) is 6.92 Å². The number of benzene rings is 1. The van der Waals surface area contributed by atoms with E-state index in [0.717, 1.165) is 5.56 Å². The average molecular weight is 249 g/mol. The minimum absolute atomic E-state index is 0.0437. The molecule has 0 atom stereocenters. The second-order valence-electron chi connectivity index (χ2n) is 3.51. The highest BCUT2D eigenvalue weighted by atomic mass is 16.5. The number of hydrogen-bond acceptors (Lipinski definition) is 4. The van der Waals surface area contributed by atoms with Gasteiger partial charge in [-0.2, -0.15) is 0 Å². The van der Waals surface area contributed by atoms with Gasteiger partial charge >= 0.3 is 5.97 Å². The van der Waals surface area contributed by atoms with E-state index in [4.69, 9.17) is 9.84 Å². The third-order valence-electron chi connectivity index (χ3n) is 1.97. The zero-order valence-electron chi connectivity index (χ0n) is 10.1. The smallest absolute Gasteiger partial charge is 0.354 e. The summed E-state index contributed by atoms with van der Waals surface area (Å²) in [4.78, 5) is 22.6. The molecule has 0 aromatic heterocycles. The summed E-state index contributed by atoms with van der Waals surface area (Å²) < 4.78 is 4.75. The molecular weight excluding hydrogens is 234 g/mol. The van der Waals surface area contributed by atoms with E-state index in [1.54, 1.807) is 12.1 Å². The molecule has 0 spiro atoms. The lowest BCUT2D eigenvalue weighted by Gasteiger charge is -2.07. The molecule has 0 aliphatic heterocycles. The van der Waals surface area contributed by atoms with E-state index in [0.29, 0.717) is 0 Å². The highest BCUT2D eigenvalue weighted by Crippen LogP contribution is 2.06. The first kappa shape index (κ1) is 13.9. The molecule has 0 saturated carbocycles. The van der Waals surface area contributed by atoms with Gasteiger partial charge in [0.15, 0.2) is 0 Å². The number of carbonyl (C=O) groups is 2. The van der Waals surface area contributed by atoms with Crippen molar-refractivity contribution in [3.05, 3.63) is 41.6 Å². The monoisotopic (exact) mass is 249 g/mol. The van der Waals surface area contributed by atoms with E-state index in [1.165, 1.54) is 13.0 Å². The molecule has 18 heavy (non-hydrogen) atoms. The number of aliphatic hydroxyl groups is 1. The Balaban J connectivity index is 2.87. The van der Waals surface area contributed by atoms with Gasteiger partial charge in [0.05, 0.1) is 6.61 Å². The summed E-state index contributed by atoms with van der Waals surface area (Å²) in [5.74, 6) is -1.04. The Bertz CT molecular complexity index is 440. The first-order valence-electron chi connectivity index (χ1n) is 5.46. The van der Waals surface area contributed by atoms with Crippen LogP contribution in [0.15, 0.2) is 36.0 Å². The summed E-state index contributed by atoms with van der Waals surface area (Å²) >= 11 is 0. The largest absolute Gasteiger partial charge is 0.459 e. The third kappa shape index (κ3) is 4.80. The predicted octanol–water partition coefficient (Wildman–Crippen LogP) is 0.699. The van der Waals surface area contributed by atoms with Crippen molar-refractivity contribution in [1.82, 2.24) is 5.32 Å². The summed E-state index contributed by atoms with van der Waals surface area (Å²) in [6.07, 6.45) is 1.51. The first-order chi connectivity index (χ1) is 8.63. The molecule has 0 aliphatic rings. The number of carbonyl (C=O) groups excluding carboxylic acids is 2. The van der Waals surface area contributed by atoms with E-state index in [-0.39, 0.29) is 24.8 Å². The number of hydrogen-bond donors (Lipinski definition) is 2. The Hall–Kier alpha value is -2.14. The number of aliphatic hydroxyl groups excluding tert-OH is 1. The maximum Gasteiger partial charge on any atom is 0.354 e. The molecule has 1 amide bonds. The minimum Gasteiger partial charge on any atom is -0.459 e. The van der Waals surface area contributed by atoms with Crippen LogP contribution in [0.3, 0.4) is 0 Å². The van der Waals surface area contributed by atoms with Crippen LogP contribution < -0.4 is 5.32 Å². The van der Waals surface area contributed by atoms with Crippen molar-refractivity contribution in [3.8, 4) is 0 Å². The Morgan fingerprint density at radius 1 is 1.33 bits per heavy atom. The number of rotatable bonds is 5. The van der Waals surface area contributed by atoms with Crippen LogP contribution in [0.25, 0.3) is 6.08 Å². The Morgan fingerprint density at radius 3 is 2.56 bits per heavy atom. The molecule has 0 aliphatic carbocycles. The normalized spacial score (nSPS) is 10.9. The summed E-state index contributed by atoms with van der Waals surface area (Å²) in [7, 11) is 0. The number of nitrogens with one attached hydrogen (secondary N) is 1. The van der Waals surface area contributed by atoms with E-state index >= 15 is 0 Å². The van der Waals surface area contributed by atoms with Crippen molar-refractivity contribution in [2.75, 3.05) is 13.2 Å². The van der Waals surface area contributed by atoms with Gasteiger partial charge in [0, 0.05) is 6.92 Å². The van der Waals surface area contributed by atoms with E-state index in [9.17, 15) is 9.59 Å². The van der Waals surface area contributed by atoms with E-state index in [1.807, 2.05) is 18.2 Å². The zero-order chi connectivity index (χ0) is 13.4. The van der Waals surface area contributed by atoms with Crippen LogP contribution in [0.4, 0.5) is 0 Å². The molecule has 1 aromatic rings. The van der Waals surface area contributed by atoms with Gasteiger partial charge in [-0.25, -0.2) is 4.79 Å². The van der Waals surface area contributed by atoms with Gasteiger partial charge < -0.3 is 15.2 Å². The molecular formula is C13H15NO4. The maximum absolute atomic E-state index is 11.6. The summed E-state index contributed by atoms with van der Waals surface area (Å²) in [6, 6.07) is 9.06. The standard InChI is InChI=1S/C13H15NO4/c1-10(16)14-12(13(17)18-8-7-15)9-11-5-3-2-4-6-11/h2-6,9,15H,7-8H2,1H3,(H,14,16). The fraction of sp³-hybridized carbons (Fsp3) is 0.231. The Kier molecular flexibility index (Phi) is 5.60. The SMILES string of the molecule is CC(=O)NC(=Cc1ccccc1)C(=O)OCCO. The summed E-state index contributed by atoms with van der Waals surface area (Å²) in [5.41, 5.74) is 0.810. The third-order valence-corrected chi connectivity index (χ3v) is 1.97. The van der Waals surface area contributed by atoms with Gasteiger partial charge in [0.1, 0.15) is 12.3 Å². The second kappa shape index (κ2) is 7.24. The lowest BCUT2D eigenvalue weighted by atomic mass is 10.2. The highest BCUT2D eigenvalue weighted by Gasteiger charge is 2.12. The molecule has 0 bridgehead atoms. The van der Waals surface area contributed by atoms with Crippen molar-refractivity contribution in [3.63, 3.8) is 0 Å². The molecule has 1 aromatic carbocycles. The number of esters is 1. The van der Waals surface area contributed by atoms with Crippen LogP contribution >= 0.6 is 0 Å². The van der Waals surface area contributed by atoms with Crippen LogP contribution in [-0.2, 0) is 14.3 Å². The van der Waals surface area contributed by atoms with Crippen LogP contribution in [-0.4, -0.2) is 30.2 Å². The molecule has 5 heteroatoms. The quantitative estimate of drug-likeness (QED) is 0.595. The van der Waals surface area contributed by atoms with Gasteiger partial charge in [0.25, 0.3) is 0 Å². The van der Waals surface area contributed by atoms with Crippen LogP contribution in [0.1, 0.15) is 12.5 Å². The van der Waals surface area contributed by atoms with E-state index < -0.39 is 5.97 Å². The molecule has 0 heterocycles. The van der Waals surface area contributed by atoms with Crippen molar-refractivity contribution in [1.29, 1.82) is 0 Å². The molecule has 5 nitrogen and oxygen atoms in total. The predicted molar refractivity (Wildman–Crippen MR) is 66.3 cm³/mol. The van der Waals surface area contributed by atoms with Crippen LogP contribution in [0.5, 0.6) is 0 Å².